The molecule has 2 N–H and O–H groups in total. The highest BCUT2D eigenvalue weighted by molar-refractivity contribution is 7.89. The Balaban J connectivity index is 1.84. The van der Waals surface area contributed by atoms with Crippen molar-refractivity contribution in [3.63, 3.8) is 0 Å². The van der Waals surface area contributed by atoms with E-state index in [0.717, 1.165) is 11.1 Å². The van der Waals surface area contributed by atoms with Crippen LogP contribution in [0.1, 0.15) is 37.8 Å². The third kappa shape index (κ3) is 6.82. The van der Waals surface area contributed by atoms with Crippen LogP contribution in [-0.2, 0) is 21.2 Å². The van der Waals surface area contributed by atoms with E-state index >= 15 is 0 Å². The SMILES string of the molecule is CCOc1ccc(S(=O)(=O)N[C@H](Cc2ccccc2)C(=O)Nc2ccc(C(C)C)cc2)cc1Cl. The Bertz CT molecular complexity index is 1210. The molecule has 1 atom stereocenters. The summed E-state index contributed by atoms with van der Waals surface area (Å²) in [6.07, 6.45) is 0.181. The summed E-state index contributed by atoms with van der Waals surface area (Å²) in [4.78, 5) is 13.1. The molecule has 1 amide bonds. The Labute approximate surface area is 206 Å². The fraction of sp³-hybridized carbons (Fsp3) is 0.269. The zero-order valence-corrected chi connectivity index (χ0v) is 21.0. The molecule has 0 aliphatic rings. The number of hydrogen-bond acceptors (Lipinski definition) is 4. The summed E-state index contributed by atoms with van der Waals surface area (Å²) >= 11 is 6.19. The lowest BCUT2D eigenvalue weighted by Crippen LogP contribution is -2.45. The first kappa shape index (κ1) is 25.7. The number of carbonyl (C=O) groups excluding carboxylic acids is 1. The minimum Gasteiger partial charge on any atom is -0.492 e. The molecule has 3 aromatic rings. The number of benzene rings is 3. The van der Waals surface area contributed by atoms with E-state index in [1.165, 1.54) is 18.2 Å². The molecule has 6 nitrogen and oxygen atoms in total. The summed E-state index contributed by atoms with van der Waals surface area (Å²) in [6, 6.07) is 19.9. The number of nitrogens with one attached hydrogen (secondary N) is 2. The molecule has 8 heteroatoms. The van der Waals surface area contributed by atoms with Crippen molar-refractivity contribution in [2.75, 3.05) is 11.9 Å². The smallest absolute Gasteiger partial charge is 0.242 e. The Morgan fingerprint density at radius 2 is 1.68 bits per heavy atom. The predicted molar refractivity (Wildman–Crippen MR) is 136 cm³/mol. The van der Waals surface area contributed by atoms with Crippen LogP contribution >= 0.6 is 11.6 Å². The first-order valence-electron chi connectivity index (χ1n) is 11.1. The number of amides is 1. The molecule has 0 bridgehead atoms. The summed E-state index contributed by atoms with van der Waals surface area (Å²) < 4.78 is 34.2. The fourth-order valence-electron chi connectivity index (χ4n) is 3.40. The van der Waals surface area contributed by atoms with Gasteiger partial charge in [-0.2, -0.15) is 4.72 Å². The molecule has 180 valence electrons. The van der Waals surface area contributed by atoms with E-state index in [9.17, 15) is 13.2 Å². The monoisotopic (exact) mass is 500 g/mol. The van der Waals surface area contributed by atoms with Crippen molar-refractivity contribution in [2.45, 2.75) is 44.0 Å². The van der Waals surface area contributed by atoms with Crippen LogP contribution in [-0.4, -0.2) is 27.0 Å². The van der Waals surface area contributed by atoms with E-state index < -0.39 is 22.0 Å². The molecule has 3 aromatic carbocycles. The fourth-order valence-corrected chi connectivity index (χ4v) is 4.92. The van der Waals surface area contributed by atoms with E-state index in [1.807, 2.05) is 61.5 Å². The number of carbonyl (C=O) groups is 1. The van der Waals surface area contributed by atoms with Gasteiger partial charge in [-0.3, -0.25) is 4.79 Å². The van der Waals surface area contributed by atoms with Crippen molar-refractivity contribution >= 4 is 33.2 Å². The van der Waals surface area contributed by atoms with Crippen molar-refractivity contribution in [3.8, 4) is 5.75 Å². The second-order valence-electron chi connectivity index (χ2n) is 8.15. The van der Waals surface area contributed by atoms with Crippen molar-refractivity contribution in [3.05, 3.63) is 88.9 Å². The van der Waals surface area contributed by atoms with E-state index in [0.29, 0.717) is 24.0 Å². The van der Waals surface area contributed by atoms with Crippen LogP contribution in [0.3, 0.4) is 0 Å². The lowest BCUT2D eigenvalue weighted by atomic mass is 10.0. The highest BCUT2D eigenvalue weighted by Crippen LogP contribution is 2.27. The molecule has 34 heavy (non-hydrogen) atoms. The van der Waals surface area contributed by atoms with Crippen LogP contribution in [0.2, 0.25) is 5.02 Å². The van der Waals surface area contributed by atoms with Crippen LogP contribution in [0.25, 0.3) is 0 Å². The number of ether oxygens (including phenoxy) is 1. The Hall–Kier alpha value is -2.87. The van der Waals surface area contributed by atoms with Crippen molar-refractivity contribution in [2.24, 2.45) is 0 Å². The van der Waals surface area contributed by atoms with E-state index in [1.54, 1.807) is 0 Å². The van der Waals surface area contributed by atoms with Gasteiger partial charge in [-0.1, -0.05) is 67.9 Å². The maximum absolute atomic E-state index is 13.2. The van der Waals surface area contributed by atoms with Crippen LogP contribution in [0.4, 0.5) is 5.69 Å². The molecule has 0 radical (unpaired) electrons. The van der Waals surface area contributed by atoms with Gasteiger partial charge < -0.3 is 10.1 Å². The van der Waals surface area contributed by atoms with Gasteiger partial charge in [0.2, 0.25) is 15.9 Å². The maximum Gasteiger partial charge on any atom is 0.242 e. The molecule has 0 aliphatic heterocycles. The van der Waals surface area contributed by atoms with Crippen LogP contribution in [0.5, 0.6) is 5.75 Å². The Morgan fingerprint density at radius 3 is 2.26 bits per heavy atom. The average molecular weight is 501 g/mol. The lowest BCUT2D eigenvalue weighted by molar-refractivity contribution is -0.117. The zero-order valence-electron chi connectivity index (χ0n) is 19.4. The Morgan fingerprint density at radius 1 is 1.00 bits per heavy atom. The number of hydrogen-bond donors (Lipinski definition) is 2. The summed E-state index contributed by atoms with van der Waals surface area (Å²) in [5, 5.41) is 3.01. The molecule has 0 saturated heterocycles. The van der Waals surface area contributed by atoms with Crippen molar-refractivity contribution < 1.29 is 17.9 Å². The first-order valence-corrected chi connectivity index (χ1v) is 12.9. The third-order valence-corrected chi connectivity index (χ3v) is 7.02. The average Bonchev–Trinajstić information content (AvgIpc) is 2.81. The molecule has 0 saturated carbocycles. The van der Waals surface area contributed by atoms with Gasteiger partial charge in [0.05, 0.1) is 16.5 Å². The summed E-state index contributed by atoms with van der Waals surface area (Å²) in [5.74, 6) is 0.302. The number of anilines is 1. The van der Waals surface area contributed by atoms with E-state index in [4.69, 9.17) is 16.3 Å². The van der Waals surface area contributed by atoms with Crippen LogP contribution in [0.15, 0.2) is 77.7 Å². The normalized spacial score (nSPS) is 12.4. The van der Waals surface area contributed by atoms with Crippen LogP contribution in [0, 0.1) is 0 Å². The van der Waals surface area contributed by atoms with Gasteiger partial charge in [0, 0.05) is 5.69 Å². The molecule has 0 spiro atoms. The predicted octanol–water partition coefficient (Wildman–Crippen LogP) is 5.39. The Kier molecular flexibility index (Phi) is 8.72. The van der Waals surface area contributed by atoms with Gasteiger partial charge in [0.1, 0.15) is 11.8 Å². The van der Waals surface area contributed by atoms with Gasteiger partial charge >= 0.3 is 0 Å². The molecule has 0 fully saturated rings. The molecular weight excluding hydrogens is 472 g/mol. The van der Waals surface area contributed by atoms with Crippen molar-refractivity contribution in [1.82, 2.24) is 4.72 Å². The standard InChI is InChI=1S/C26H29ClN2O4S/c1-4-33-25-15-14-22(17-23(25)27)34(31,32)29-24(16-19-8-6-5-7-9-19)26(30)28-21-12-10-20(11-13-21)18(2)3/h5-15,17-18,24,29H,4,16H2,1-3H3,(H,28,30)/t24-/m1/s1. The van der Waals surface area contributed by atoms with Gasteiger partial charge in [0.25, 0.3) is 0 Å². The summed E-state index contributed by atoms with van der Waals surface area (Å²) in [5.41, 5.74) is 2.56. The minimum absolute atomic E-state index is 0.0481. The van der Waals surface area contributed by atoms with E-state index in [2.05, 4.69) is 23.9 Å². The highest BCUT2D eigenvalue weighted by atomic mass is 35.5. The van der Waals surface area contributed by atoms with Gasteiger partial charge in [-0.25, -0.2) is 8.42 Å². The summed E-state index contributed by atoms with van der Waals surface area (Å²) in [7, 11) is -4.04. The van der Waals surface area contributed by atoms with Gasteiger partial charge in [-0.05, 0) is 60.7 Å². The van der Waals surface area contributed by atoms with E-state index in [-0.39, 0.29) is 16.3 Å². The molecule has 0 aromatic heterocycles. The topological polar surface area (TPSA) is 84.5 Å². The number of halogens is 1. The molecule has 0 unspecified atom stereocenters. The van der Waals surface area contributed by atoms with Gasteiger partial charge in [0.15, 0.2) is 0 Å². The lowest BCUT2D eigenvalue weighted by Gasteiger charge is -2.19. The van der Waals surface area contributed by atoms with Crippen LogP contribution < -0.4 is 14.8 Å². The molecule has 0 aliphatic carbocycles. The number of rotatable bonds is 10. The summed E-state index contributed by atoms with van der Waals surface area (Å²) in [6.45, 7) is 6.39. The largest absolute Gasteiger partial charge is 0.492 e. The van der Waals surface area contributed by atoms with Crippen molar-refractivity contribution in [1.29, 1.82) is 0 Å². The second-order valence-corrected chi connectivity index (χ2v) is 10.3. The maximum atomic E-state index is 13.2. The quantitative estimate of drug-likeness (QED) is 0.391. The third-order valence-electron chi connectivity index (χ3n) is 5.25. The second kappa shape index (κ2) is 11.5. The highest BCUT2D eigenvalue weighted by Gasteiger charge is 2.27. The molecule has 0 heterocycles. The van der Waals surface area contributed by atoms with Gasteiger partial charge in [-0.15, -0.1) is 0 Å². The minimum atomic E-state index is -4.04. The number of sulfonamides is 1. The molecular formula is C26H29ClN2O4S. The zero-order chi connectivity index (χ0) is 24.7. The first-order chi connectivity index (χ1) is 16.2. The molecule has 3 rings (SSSR count).